The molecular weight excluding hydrogens is 232 g/mol. The third kappa shape index (κ3) is 1.99. The minimum absolute atomic E-state index is 0.208. The van der Waals surface area contributed by atoms with E-state index in [4.69, 9.17) is 19.6 Å². The zero-order valence-corrected chi connectivity index (χ0v) is 10.1. The van der Waals surface area contributed by atoms with Gasteiger partial charge in [-0.15, -0.1) is 0 Å². The highest BCUT2D eigenvalue weighted by Crippen LogP contribution is 2.31. The fourth-order valence-electron chi connectivity index (χ4n) is 2.00. The molecule has 0 unspecified atom stereocenters. The van der Waals surface area contributed by atoms with Crippen molar-refractivity contribution < 1.29 is 13.9 Å². The van der Waals surface area contributed by atoms with Gasteiger partial charge in [-0.25, -0.2) is 0 Å². The SMILES string of the molecule is Cc1nc(N)oc1Cc1ccc2c(c1)OCCO2. The van der Waals surface area contributed by atoms with E-state index in [2.05, 4.69) is 4.98 Å². The van der Waals surface area contributed by atoms with Gasteiger partial charge in [-0.3, -0.25) is 0 Å². The lowest BCUT2D eigenvalue weighted by atomic mass is 10.1. The van der Waals surface area contributed by atoms with Crippen molar-refractivity contribution in [3.63, 3.8) is 0 Å². The van der Waals surface area contributed by atoms with Gasteiger partial charge in [-0.1, -0.05) is 6.07 Å². The molecule has 3 rings (SSSR count). The second kappa shape index (κ2) is 4.25. The number of nitrogen functional groups attached to an aromatic ring is 1. The third-order valence-corrected chi connectivity index (χ3v) is 2.88. The molecule has 0 radical (unpaired) electrons. The first-order chi connectivity index (χ1) is 8.72. The summed E-state index contributed by atoms with van der Waals surface area (Å²) in [6.07, 6.45) is 0.646. The van der Waals surface area contributed by atoms with Gasteiger partial charge < -0.3 is 19.6 Å². The van der Waals surface area contributed by atoms with E-state index in [1.165, 1.54) is 0 Å². The maximum atomic E-state index is 5.54. The Hall–Kier alpha value is -2.17. The largest absolute Gasteiger partial charge is 0.486 e. The highest BCUT2D eigenvalue weighted by molar-refractivity contribution is 5.44. The van der Waals surface area contributed by atoms with E-state index < -0.39 is 0 Å². The molecule has 0 fully saturated rings. The third-order valence-electron chi connectivity index (χ3n) is 2.88. The maximum absolute atomic E-state index is 5.54. The number of ether oxygens (including phenoxy) is 2. The summed E-state index contributed by atoms with van der Waals surface area (Å²) in [4.78, 5) is 4.05. The predicted octanol–water partition coefficient (Wildman–Crippen LogP) is 1.93. The Morgan fingerprint density at radius 2 is 2.00 bits per heavy atom. The van der Waals surface area contributed by atoms with Crippen LogP contribution >= 0.6 is 0 Å². The molecule has 1 aromatic carbocycles. The van der Waals surface area contributed by atoms with Crippen LogP contribution < -0.4 is 15.2 Å². The molecule has 2 aromatic rings. The van der Waals surface area contributed by atoms with Crippen LogP contribution in [0.25, 0.3) is 0 Å². The Bertz CT molecular complexity index is 578. The Kier molecular flexibility index (Phi) is 2.59. The maximum Gasteiger partial charge on any atom is 0.292 e. The average molecular weight is 246 g/mol. The number of aromatic nitrogens is 1. The van der Waals surface area contributed by atoms with Crippen LogP contribution in [0.15, 0.2) is 22.6 Å². The average Bonchev–Trinajstić information content (AvgIpc) is 2.68. The van der Waals surface area contributed by atoms with E-state index in [0.29, 0.717) is 19.6 Å². The smallest absolute Gasteiger partial charge is 0.292 e. The zero-order chi connectivity index (χ0) is 12.5. The standard InChI is InChI=1S/C13H14N2O3/c1-8-11(18-13(14)15-8)6-9-2-3-10-12(7-9)17-5-4-16-10/h2-3,7H,4-6H2,1H3,(H2,14,15). The number of nitrogens with two attached hydrogens (primary N) is 1. The Balaban J connectivity index is 1.87. The van der Waals surface area contributed by atoms with E-state index in [1.807, 2.05) is 25.1 Å². The lowest BCUT2D eigenvalue weighted by Crippen LogP contribution is -2.15. The van der Waals surface area contributed by atoms with Gasteiger partial charge in [-0.2, -0.15) is 4.98 Å². The second-order valence-corrected chi connectivity index (χ2v) is 4.22. The highest BCUT2D eigenvalue weighted by Gasteiger charge is 2.14. The Labute approximate surface area is 105 Å². The number of oxazole rings is 1. The topological polar surface area (TPSA) is 70.5 Å². The van der Waals surface area contributed by atoms with Gasteiger partial charge in [0.1, 0.15) is 19.0 Å². The molecule has 94 valence electrons. The van der Waals surface area contributed by atoms with Crippen molar-refractivity contribution in [3.8, 4) is 11.5 Å². The summed E-state index contributed by atoms with van der Waals surface area (Å²) < 4.78 is 16.4. The molecule has 0 bridgehead atoms. The van der Waals surface area contributed by atoms with E-state index >= 15 is 0 Å². The van der Waals surface area contributed by atoms with Gasteiger partial charge in [0.25, 0.3) is 6.01 Å². The van der Waals surface area contributed by atoms with Crippen LogP contribution in [-0.4, -0.2) is 18.2 Å². The number of hydrogen-bond donors (Lipinski definition) is 1. The minimum atomic E-state index is 0.208. The summed E-state index contributed by atoms with van der Waals surface area (Å²) in [5.41, 5.74) is 7.43. The molecular formula is C13H14N2O3. The molecule has 2 N–H and O–H groups in total. The molecule has 0 amide bonds. The number of hydrogen-bond acceptors (Lipinski definition) is 5. The van der Waals surface area contributed by atoms with E-state index in [1.54, 1.807) is 0 Å². The Morgan fingerprint density at radius 1 is 1.22 bits per heavy atom. The molecule has 0 saturated heterocycles. The normalized spacial score (nSPS) is 13.6. The predicted molar refractivity (Wildman–Crippen MR) is 65.9 cm³/mol. The van der Waals surface area contributed by atoms with Crippen molar-refractivity contribution in [1.82, 2.24) is 4.98 Å². The van der Waals surface area contributed by atoms with Crippen LogP contribution in [0.1, 0.15) is 17.0 Å². The van der Waals surface area contributed by atoms with Gasteiger partial charge in [0, 0.05) is 6.42 Å². The number of fused-ring (bicyclic) bond motifs is 1. The van der Waals surface area contributed by atoms with Crippen molar-refractivity contribution in [2.75, 3.05) is 18.9 Å². The summed E-state index contributed by atoms with van der Waals surface area (Å²) in [5.74, 6) is 2.35. The molecule has 2 heterocycles. The second-order valence-electron chi connectivity index (χ2n) is 4.22. The first-order valence-corrected chi connectivity index (χ1v) is 5.82. The lowest BCUT2D eigenvalue weighted by molar-refractivity contribution is 0.171. The lowest BCUT2D eigenvalue weighted by Gasteiger charge is -2.18. The molecule has 0 spiro atoms. The van der Waals surface area contributed by atoms with Crippen LogP contribution in [0.3, 0.4) is 0 Å². The van der Waals surface area contributed by atoms with Gasteiger partial charge >= 0.3 is 0 Å². The van der Waals surface area contributed by atoms with Crippen molar-refractivity contribution in [3.05, 3.63) is 35.2 Å². The molecule has 1 aromatic heterocycles. The van der Waals surface area contributed by atoms with Gasteiger partial charge in [0.15, 0.2) is 11.5 Å². The number of aryl methyl sites for hydroxylation is 1. The van der Waals surface area contributed by atoms with Crippen molar-refractivity contribution in [1.29, 1.82) is 0 Å². The molecule has 18 heavy (non-hydrogen) atoms. The first kappa shape index (κ1) is 11.0. The van der Waals surface area contributed by atoms with Crippen LogP contribution in [-0.2, 0) is 6.42 Å². The van der Waals surface area contributed by atoms with Crippen LogP contribution in [0.2, 0.25) is 0 Å². The Morgan fingerprint density at radius 3 is 2.72 bits per heavy atom. The van der Waals surface area contributed by atoms with E-state index in [-0.39, 0.29) is 6.01 Å². The van der Waals surface area contributed by atoms with Crippen molar-refractivity contribution >= 4 is 6.01 Å². The summed E-state index contributed by atoms with van der Waals surface area (Å²) >= 11 is 0. The number of benzene rings is 1. The van der Waals surface area contributed by atoms with E-state index in [0.717, 1.165) is 28.5 Å². The molecule has 5 heteroatoms. The number of nitrogens with zero attached hydrogens (tertiary/aromatic N) is 1. The number of anilines is 1. The van der Waals surface area contributed by atoms with Crippen molar-refractivity contribution in [2.24, 2.45) is 0 Å². The number of rotatable bonds is 2. The van der Waals surface area contributed by atoms with Crippen LogP contribution in [0, 0.1) is 6.92 Å². The highest BCUT2D eigenvalue weighted by atomic mass is 16.6. The summed E-state index contributed by atoms with van der Waals surface area (Å²) in [6, 6.07) is 6.08. The minimum Gasteiger partial charge on any atom is -0.486 e. The summed E-state index contributed by atoms with van der Waals surface area (Å²) in [7, 11) is 0. The van der Waals surface area contributed by atoms with Crippen LogP contribution in [0.5, 0.6) is 11.5 Å². The van der Waals surface area contributed by atoms with Gasteiger partial charge in [0.2, 0.25) is 0 Å². The summed E-state index contributed by atoms with van der Waals surface area (Å²) in [5, 5.41) is 0. The molecule has 0 saturated carbocycles. The fourth-order valence-corrected chi connectivity index (χ4v) is 2.00. The summed E-state index contributed by atoms with van der Waals surface area (Å²) in [6.45, 7) is 3.07. The van der Waals surface area contributed by atoms with Gasteiger partial charge in [0.05, 0.1) is 5.69 Å². The molecule has 1 aliphatic heterocycles. The zero-order valence-electron chi connectivity index (χ0n) is 10.1. The molecule has 0 atom stereocenters. The van der Waals surface area contributed by atoms with Gasteiger partial charge in [-0.05, 0) is 24.6 Å². The fraction of sp³-hybridized carbons (Fsp3) is 0.308. The first-order valence-electron chi connectivity index (χ1n) is 5.82. The van der Waals surface area contributed by atoms with Crippen molar-refractivity contribution in [2.45, 2.75) is 13.3 Å². The molecule has 5 nitrogen and oxygen atoms in total. The molecule has 0 aliphatic carbocycles. The monoisotopic (exact) mass is 246 g/mol. The molecule has 1 aliphatic rings. The van der Waals surface area contributed by atoms with E-state index in [9.17, 15) is 0 Å². The van der Waals surface area contributed by atoms with Crippen LogP contribution in [0.4, 0.5) is 6.01 Å². The quantitative estimate of drug-likeness (QED) is 0.876.